The molecule has 5 heteroatoms. The van der Waals surface area contributed by atoms with Crippen LogP contribution in [0.3, 0.4) is 0 Å². The molecule has 0 aliphatic rings. The van der Waals surface area contributed by atoms with Crippen molar-refractivity contribution in [2.24, 2.45) is 0 Å². The van der Waals surface area contributed by atoms with Gasteiger partial charge in [-0.05, 0) is 65.9 Å². The second kappa shape index (κ2) is 13.5. The van der Waals surface area contributed by atoms with Gasteiger partial charge in [0.05, 0.1) is 11.0 Å². The van der Waals surface area contributed by atoms with Gasteiger partial charge in [-0.25, -0.2) is 15.0 Å². The van der Waals surface area contributed by atoms with Crippen LogP contribution in [0.25, 0.3) is 93.0 Å². The molecule has 7 aromatic carbocycles. The lowest BCUT2D eigenvalue weighted by atomic mass is 10.00. The standard InChI is InChI=1S/C49H36N4S/c1-2-3-13-32-24-26-33(27-25-32)35-16-11-17-36(30-35)48-50-47(34-14-5-4-6-15-34)51-49(52-48)37-18-12-19-38(31-37)53-42-22-9-7-21-41(42)45-43(53)29-28-40-39-20-8-10-23-44(39)54-46(40)45/h4-12,14-31H,2-3,13H2,1H3. The van der Waals surface area contributed by atoms with Crippen molar-refractivity contribution in [2.75, 3.05) is 0 Å². The average molecular weight is 713 g/mol. The third-order valence-corrected chi connectivity index (χ3v) is 11.6. The van der Waals surface area contributed by atoms with Gasteiger partial charge in [0, 0.05) is 53.3 Å². The normalized spacial score (nSPS) is 11.6. The van der Waals surface area contributed by atoms with Crippen LogP contribution >= 0.6 is 11.3 Å². The quantitative estimate of drug-likeness (QED) is 0.158. The fourth-order valence-electron chi connectivity index (χ4n) is 7.73. The van der Waals surface area contributed by atoms with E-state index in [1.165, 1.54) is 65.9 Å². The Bertz CT molecular complexity index is 2980. The topological polar surface area (TPSA) is 43.6 Å². The highest BCUT2D eigenvalue weighted by Crippen LogP contribution is 2.43. The van der Waals surface area contributed by atoms with Crippen LogP contribution < -0.4 is 0 Å². The fourth-order valence-corrected chi connectivity index (χ4v) is 8.99. The van der Waals surface area contributed by atoms with E-state index in [1.54, 1.807) is 0 Å². The fraction of sp³-hybridized carbons (Fsp3) is 0.0816. The van der Waals surface area contributed by atoms with E-state index < -0.39 is 0 Å². The highest BCUT2D eigenvalue weighted by atomic mass is 32.1. The van der Waals surface area contributed by atoms with Crippen LogP contribution in [0.5, 0.6) is 0 Å². The van der Waals surface area contributed by atoms with Crippen molar-refractivity contribution in [2.45, 2.75) is 26.2 Å². The molecule has 0 bridgehead atoms. The predicted octanol–water partition coefficient (Wildman–Crippen LogP) is 13.3. The molecule has 10 aromatic rings. The Kier molecular flexibility index (Phi) is 8.07. The molecule has 0 aliphatic carbocycles. The Morgan fingerprint density at radius 3 is 1.93 bits per heavy atom. The monoisotopic (exact) mass is 712 g/mol. The summed E-state index contributed by atoms with van der Waals surface area (Å²) in [6.07, 6.45) is 3.52. The second-order valence-electron chi connectivity index (χ2n) is 13.9. The maximum atomic E-state index is 5.16. The first-order valence-electron chi connectivity index (χ1n) is 18.7. The summed E-state index contributed by atoms with van der Waals surface area (Å²) in [6, 6.07) is 58.3. The zero-order valence-electron chi connectivity index (χ0n) is 29.9. The van der Waals surface area contributed by atoms with E-state index in [9.17, 15) is 0 Å². The molecular weight excluding hydrogens is 677 g/mol. The molecule has 0 saturated heterocycles. The lowest BCUT2D eigenvalue weighted by molar-refractivity contribution is 0.795. The van der Waals surface area contributed by atoms with E-state index in [0.717, 1.165) is 34.4 Å². The molecule has 0 saturated carbocycles. The van der Waals surface area contributed by atoms with Crippen molar-refractivity contribution in [1.82, 2.24) is 19.5 Å². The first-order chi connectivity index (χ1) is 26.7. The van der Waals surface area contributed by atoms with Crippen molar-refractivity contribution >= 4 is 53.3 Å². The van der Waals surface area contributed by atoms with Gasteiger partial charge in [0.15, 0.2) is 17.5 Å². The van der Waals surface area contributed by atoms with E-state index in [0.29, 0.717) is 17.5 Å². The summed E-state index contributed by atoms with van der Waals surface area (Å²) in [5, 5.41) is 5.15. The van der Waals surface area contributed by atoms with Gasteiger partial charge < -0.3 is 4.57 Å². The van der Waals surface area contributed by atoms with Crippen LogP contribution in [0.4, 0.5) is 0 Å². The molecule has 10 rings (SSSR count). The molecule has 0 radical (unpaired) electrons. The van der Waals surface area contributed by atoms with E-state index >= 15 is 0 Å². The van der Waals surface area contributed by atoms with Crippen LogP contribution in [0.1, 0.15) is 25.3 Å². The summed E-state index contributed by atoms with van der Waals surface area (Å²) >= 11 is 1.88. The van der Waals surface area contributed by atoms with Gasteiger partial charge in [0.2, 0.25) is 0 Å². The molecule has 0 spiro atoms. The summed E-state index contributed by atoms with van der Waals surface area (Å²) in [5.74, 6) is 1.93. The molecule has 0 fully saturated rings. The first-order valence-corrected chi connectivity index (χ1v) is 19.5. The molecule has 3 heterocycles. The lowest BCUT2D eigenvalue weighted by Crippen LogP contribution is -2.01. The zero-order chi connectivity index (χ0) is 36.0. The summed E-state index contributed by atoms with van der Waals surface area (Å²) in [7, 11) is 0. The molecule has 258 valence electrons. The maximum Gasteiger partial charge on any atom is 0.164 e. The highest BCUT2D eigenvalue weighted by molar-refractivity contribution is 7.26. The number of hydrogen-bond donors (Lipinski definition) is 0. The number of rotatable bonds is 8. The second-order valence-corrected chi connectivity index (χ2v) is 14.9. The number of thiophene rings is 1. The third kappa shape index (κ3) is 5.65. The number of benzene rings is 7. The van der Waals surface area contributed by atoms with Crippen LogP contribution in [0, 0.1) is 0 Å². The molecule has 0 atom stereocenters. The largest absolute Gasteiger partial charge is 0.309 e. The number of unbranched alkanes of at least 4 members (excludes halogenated alkanes) is 1. The maximum absolute atomic E-state index is 5.16. The number of nitrogens with zero attached hydrogens (tertiary/aromatic N) is 4. The Hall–Kier alpha value is -6.43. The van der Waals surface area contributed by atoms with E-state index in [-0.39, 0.29) is 0 Å². The SMILES string of the molecule is CCCCc1ccc(-c2cccc(-c3nc(-c4ccccc4)nc(-c4cccc(-n5c6ccccc6c6c7sc8ccccc8c7ccc65)c4)n3)c2)cc1. The zero-order valence-corrected chi connectivity index (χ0v) is 30.7. The summed E-state index contributed by atoms with van der Waals surface area (Å²) in [5.41, 5.74) is 9.95. The van der Waals surface area contributed by atoms with Crippen LogP contribution in [-0.4, -0.2) is 19.5 Å². The minimum Gasteiger partial charge on any atom is -0.309 e. The Morgan fingerprint density at radius 2 is 1.13 bits per heavy atom. The molecule has 54 heavy (non-hydrogen) atoms. The van der Waals surface area contributed by atoms with E-state index in [1.807, 2.05) is 29.5 Å². The summed E-state index contributed by atoms with van der Waals surface area (Å²) in [4.78, 5) is 15.3. The molecule has 0 unspecified atom stereocenters. The minimum absolute atomic E-state index is 0.638. The lowest BCUT2D eigenvalue weighted by Gasteiger charge is -2.12. The van der Waals surface area contributed by atoms with Crippen molar-refractivity contribution in [1.29, 1.82) is 0 Å². The smallest absolute Gasteiger partial charge is 0.164 e. The van der Waals surface area contributed by atoms with Crippen LogP contribution in [0.15, 0.2) is 164 Å². The van der Waals surface area contributed by atoms with Crippen molar-refractivity contribution in [3.8, 4) is 51.0 Å². The van der Waals surface area contributed by atoms with Crippen LogP contribution in [-0.2, 0) is 6.42 Å². The van der Waals surface area contributed by atoms with Gasteiger partial charge in [-0.3, -0.25) is 0 Å². The molecule has 0 aliphatic heterocycles. The molecular formula is C49H36N4S. The molecule has 0 N–H and O–H groups in total. The summed E-state index contributed by atoms with van der Waals surface area (Å²) in [6.45, 7) is 2.24. The van der Waals surface area contributed by atoms with Gasteiger partial charge >= 0.3 is 0 Å². The number of fused-ring (bicyclic) bond motifs is 7. The van der Waals surface area contributed by atoms with Crippen molar-refractivity contribution in [3.05, 3.63) is 169 Å². The predicted molar refractivity (Wildman–Crippen MR) is 227 cm³/mol. The third-order valence-electron chi connectivity index (χ3n) is 10.4. The van der Waals surface area contributed by atoms with Crippen LogP contribution in [0.2, 0.25) is 0 Å². The number of aromatic nitrogens is 4. The minimum atomic E-state index is 0.638. The van der Waals surface area contributed by atoms with Gasteiger partial charge in [-0.1, -0.05) is 141 Å². The average Bonchev–Trinajstić information content (AvgIpc) is 3.79. The summed E-state index contributed by atoms with van der Waals surface area (Å²) < 4.78 is 5.02. The van der Waals surface area contributed by atoms with Gasteiger partial charge in [-0.15, -0.1) is 11.3 Å². The van der Waals surface area contributed by atoms with E-state index in [2.05, 4.69) is 157 Å². The Morgan fingerprint density at radius 1 is 0.481 bits per heavy atom. The number of para-hydroxylation sites is 1. The van der Waals surface area contributed by atoms with Gasteiger partial charge in [0.25, 0.3) is 0 Å². The number of hydrogen-bond acceptors (Lipinski definition) is 4. The molecule has 3 aromatic heterocycles. The Labute approximate surface area is 318 Å². The van der Waals surface area contributed by atoms with Gasteiger partial charge in [0.1, 0.15) is 0 Å². The highest BCUT2D eigenvalue weighted by Gasteiger charge is 2.19. The van der Waals surface area contributed by atoms with Crippen molar-refractivity contribution < 1.29 is 0 Å². The number of aryl methyl sites for hydroxylation is 1. The van der Waals surface area contributed by atoms with Gasteiger partial charge in [-0.2, -0.15) is 0 Å². The van der Waals surface area contributed by atoms with Crippen molar-refractivity contribution in [3.63, 3.8) is 0 Å². The van der Waals surface area contributed by atoms with E-state index in [4.69, 9.17) is 15.0 Å². The molecule has 0 amide bonds. The first kappa shape index (κ1) is 32.2. The Balaban J connectivity index is 1.11. The molecule has 4 nitrogen and oxygen atoms in total.